The summed E-state index contributed by atoms with van der Waals surface area (Å²) in [6.07, 6.45) is 2.79. The smallest absolute Gasteiger partial charge is 0.338 e. The van der Waals surface area contributed by atoms with Crippen LogP contribution in [-0.4, -0.2) is 102 Å². The molecule has 0 bridgehead atoms. The van der Waals surface area contributed by atoms with E-state index in [0.717, 1.165) is 0 Å². The summed E-state index contributed by atoms with van der Waals surface area (Å²) < 4.78 is 35.2. The lowest BCUT2D eigenvalue weighted by Crippen LogP contribution is -2.20. The van der Waals surface area contributed by atoms with Gasteiger partial charge in [-0.05, 0) is 48.5 Å². The SMILES string of the molecule is O=C=Nc1ccc(C(=O)OCCOCC(=O)OCCOCCOC(=O)COCCOC(=O)c2ccc(N=C=O)cc2)cc1. The molecule has 15 heteroatoms. The summed E-state index contributed by atoms with van der Waals surface area (Å²) in [7, 11) is 0. The van der Waals surface area contributed by atoms with Gasteiger partial charge in [-0.15, -0.1) is 0 Å². The lowest BCUT2D eigenvalue weighted by atomic mass is 10.2. The molecule has 2 aromatic rings. The summed E-state index contributed by atoms with van der Waals surface area (Å²) in [6.45, 7) is -0.897. The van der Waals surface area contributed by atoms with Crippen LogP contribution in [0.2, 0.25) is 0 Å². The molecule has 15 nitrogen and oxygen atoms in total. The van der Waals surface area contributed by atoms with Gasteiger partial charge in [0.05, 0.1) is 48.9 Å². The fraction of sp³-hybridized carbons (Fsp3) is 0.357. The van der Waals surface area contributed by atoms with Crippen molar-refractivity contribution in [2.75, 3.05) is 66.1 Å². The molecule has 228 valence electrons. The predicted octanol–water partition coefficient (Wildman–Crippen LogP) is 1.77. The Labute approximate surface area is 245 Å². The van der Waals surface area contributed by atoms with E-state index in [2.05, 4.69) is 9.98 Å². The maximum Gasteiger partial charge on any atom is 0.338 e. The number of carbonyl (C=O) groups excluding carboxylic acids is 6. The van der Waals surface area contributed by atoms with Crippen LogP contribution in [0.3, 0.4) is 0 Å². The first-order chi connectivity index (χ1) is 20.9. The lowest BCUT2D eigenvalue weighted by molar-refractivity contribution is -0.152. The summed E-state index contributed by atoms with van der Waals surface area (Å²) >= 11 is 0. The normalized spacial score (nSPS) is 10.0. The van der Waals surface area contributed by atoms with Crippen molar-refractivity contribution in [3.8, 4) is 0 Å². The third-order valence-electron chi connectivity index (χ3n) is 4.90. The molecular weight excluding hydrogens is 572 g/mol. The molecule has 0 aliphatic heterocycles. The molecule has 0 amide bonds. The summed E-state index contributed by atoms with van der Waals surface area (Å²) in [5.41, 5.74) is 1.23. The van der Waals surface area contributed by atoms with E-state index in [-0.39, 0.29) is 77.2 Å². The number of isocyanates is 2. The molecule has 43 heavy (non-hydrogen) atoms. The minimum Gasteiger partial charge on any atom is -0.462 e. The van der Waals surface area contributed by atoms with Crippen molar-refractivity contribution in [3.05, 3.63) is 59.7 Å². The highest BCUT2D eigenvalue weighted by molar-refractivity contribution is 5.90. The van der Waals surface area contributed by atoms with E-state index in [1.165, 1.54) is 60.7 Å². The number of rotatable bonds is 20. The zero-order valence-corrected chi connectivity index (χ0v) is 22.9. The van der Waals surface area contributed by atoms with Gasteiger partial charge in [-0.3, -0.25) is 0 Å². The second-order valence-electron chi connectivity index (χ2n) is 7.93. The Morgan fingerprint density at radius 1 is 0.488 bits per heavy atom. The lowest BCUT2D eigenvalue weighted by Gasteiger charge is -2.09. The van der Waals surface area contributed by atoms with Gasteiger partial charge in [-0.25, -0.2) is 28.8 Å². The molecule has 0 N–H and O–H groups in total. The monoisotopic (exact) mass is 600 g/mol. The number of hydrogen-bond donors (Lipinski definition) is 0. The first-order valence-corrected chi connectivity index (χ1v) is 12.7. The molecule has 0 saturated carbocycles. The Hall–Kier alpha value is -5.04. The van der Waals surface area contributed by atoms with E-state index >= 15 is 0 Å². The maximum absolute atomic E-state index is 11.9. The third kappa shape index (κ3) is 15.0. The van der Waals surface area contributed by atoms with Gasteiger partial charge in [-0.2, -0.15) is 9.98 Å². The molecule has 2 rings (SSSR count). The molecule has 0 aliphatic carbocycles. The van der Waals surface area contributed by atoms with Crippen LogP contribution in [0, 0.1) is 0 Å². The van der Waals surface area contributed by atoms with Crippen molar-refractivity contribution in [2.24, 2.45) is 9.98 Å². The van der Waals surface area contributed by atoms with Gasteiger partial charge in [0.25, 0.3) is 0 Å². The quantitative estimate of drug-likeness (QED) is 0.0703. The fourth-order valence-electron chi connectivity index (χ4n) is 2.93. The van der Waals surface area contributed by atoms with Crippen molar-refractivity contribution >= 4 is 47.4 Å². The van der Waals surface area contributed by atoms with Gasteiger partial charge >= 0.3 is 23.9 Å². The average Bonchev–Trinajstić information content (AvgIpc) is 3.01. The zero-order chi connectivity index (χ0) is 31.1. The summed E-state index contributed by atoms with van der Waals surface area (Å²) in [5, 5.41) is 0. The van der Waals surface area contributed by atoms with Gasteiger partial charge in [0.2, 0.25) is 12.2 Å². The standard InChI is InChI=1S/C28H28N2O13/c31-19-29-23-5-1-21(2-6-23)27(35)42-15-11-38-17-25(33)40-13-9-37-10-14-41-26(34)18-39-12-16-43-28(36)22-3-7-24(8-4-22)30-20-32/h1-8H,9-18H2. The van der Waals surface area contributed by atoms with Crippen molar-refractivity contribution in [1.29, 1.82) is 0 Å². The van der Waals surface area contributed by atoms with Gasteiger partial charge in [-0.1, -0.05) is 0 Å². The number of esters is 4. The molecule has 0 fully saturated rings. The minimum absolute atomic E-state index is 0.0278. The average molecular weight is 601 g/mol. The highest BCUT2D eigenvalue weighted by Crippen LogP contribution is 2.13. The number of benzene rings is 2. The largest absolute Gasteiger partial charge is 0.462 e. The molecule has 0 radical (unpaired) electrons. The van der Waals surface area contributed by atoms with E-state index in [9.17, 15) is 28.8 Å². The molecule has 0 aliphatic rings. The summed E-state index contributed by atoms with van der Waals surface area (Å²) in [6, 6.07) is 11.6. The fourth-order valence-corrected chi connectivity index (χ4v) is 2.93. The Bertz CT molecular complexity index is 1180. The van der Waals surface area contributed by atoms with Crippen LogP contribution in [0.4, 0.5) is 11.4 Å². The van der Waals surface area contributed by atoms with Crippen LogP contribution in [0.15, 0.2) is 58.5 Å². The van der Waals surface area contributed by atoms with Crippen LogP contribution >= 0.6 is 0 Å². The minimum atomic E-state index is -0.641. The van der Waals surface area contributed by atoms with E-state index in [4.69, 9.17) is 33.2 Å². The maximum atomic E-state index is 11.9. The molecule has 0 atom stereocenters. The van der Waals surface area contributed by atoms with Crippen LogP contribution in [-0.2, 0) is 52.3 Å². The second kappa shape index (κ2) is 20.8. The summed E-state index contributed by atoms with van der Waals surface area (Å²) in [5.74, 6) is -2.49. The number of nitrogens with zero attached hydrogens (tertiary/aromatic N) is 2. The van der Waals surface area contributed by atoms with Gasteiger partial charge in [0, 0.05) is 0 Å². The van der Waals surface area contributed by atoms with E-state index < -0.39 is 23.9 Å². The highest BCUT2D eigenvalue weighted by Gasteiger charge is 2.09. The first-order valence-electron chi connectivity index (χ1n) is 12.7. The molecular formula is C28H28N2O13. The van der Waals surface area contributed by atoms with E-state index in [0.29, 0.717) is 11.4 Å². The number of ether oxygens (including phenoxy) is 7. The van der Waals surface area contributed by atoms with Gasteiger partial charge in [0.15, 0.2) is 0 Å². The Morgan fingerprint density at radius 2 is 0.837 bits per heavy atom. The van der Waals surface area contributed by atoms with E-state index in [1.54, 1.807) is 0 Å². The Kier molecular flexibility index (Phi) is 16.5. The van der Waals surface area contributed by atoms with Crippen molar-refractivity contribution in [3.63, 3.8) is 0 Å². The van der Waals surface area contributed by atoms with Crippen LogP contribution in [0.1, 0.15) is 20.7 Å². The van der Waals surface area contributed by atoms with Gasteiger partial charge in [0.1, 0.15) is 39.6 Å². The Morgan fingerprint density at radius 3 is 1.21 bits per heavy atom. The van der Waals surface area contributed by atoms with E-state index in [1.807, 2.05) is 0 Å². The topological polar surface area (TPSA) is 192 Å². The molecule has 0 unspecified atom stereocenters. The predicted molar refractivity (Wildman–Crippen MR) is 143 cm³/mol. The molecule has 0 heterocycles. The zero-order valence-electron chi connectivity index (χ0n) is 22.9. The second-order valence-corrected chi connectivity index (χ2v) is 7.93. The van der Waals surface area contributed by atoms with Crippen LogP contribution < -0.4 is 0 Å². The third-order valence-corrected chi connectivity index (χ3v) is 4.90. The summed E-state index contributed by atoms with van der Waals surface area (Å²) in [4.78, 5) is 74.3. The highest BCUT2D eigenvalue weighted by atomic mass is 16.6. The van der Waals surface area contributed by atoms with Crippen molar-refractivity contribution in [1.82, 2.24) is 0 Å². The Balaban J connectivity index is 1.39. The van der Waals surface area contributed by atoms with Crippen LogP contribution in [0.25, 0.3) is 0 Å². The van der Waals surface area contributed by atoms with Crippen molar-refractivity contribution < 1.29 is 61.9 Å². The molecule has 2 aromatic carbocycles. The molecule has 0 aromatic heterocycles. The number of aliphatic imine (C=N–C) groups is 2. The van der Waals surface area contributed by atoms with Gasteiger partial charge < -0.3 is 33.2 Å². The molecule has 0 spiro atoms. The number of hydrogen-bond acceptors (Lipinski definition) is 15. The number of carbonyl (C=O) groups is 4. The first kappa shape index (κ1) is 34.2. The van der Waals surface area contributed by atoms with Crippen LogP contribution in [0.5, 0.6) is 0 Å². The molecule has 0 saturated heterocycles. The van der Waals surface area contributed by atoms with Crippen molar-refractivity contribution in [2.45, 2.75) is 0 Å².